The molecule has 1 aromatic carbocycles. The normalized spacial score (nSPS) is 20.8. The van der Waals surface area contributed by atoms with Crippen LogP contribution in [0.2, 0.25) is 0 Å². The van der Waals surface area contributed by atoms with Gasteiger partial charge in [-0.1, -0.05) is 6.07 Å². The number of aromatic nitrogens is 2. The highest BCUT2D eigenvalue weighted by Gasteiger charge is 2.26. The third-order valence-corrected chi connectivity index (χ3v) is 3.84. The molecule has 1 aromatic heterocycles. The summed E-state index contributed by atoms with van der Waals surface area (Å²) in [4.78, 5) is 4.44. The van der Waals surface area contributed by atoms with Crippen LogP contribution in [0.15, 0.2) is 18.2 Å². The molecular formula is C14H19N3O2. The summed E-state index contributed by atoms with van der Waals surface area (Å²) in [7, 11) is 1.65. The summed E-state index contributed by atoms with van der Waals surface area (Å²) in [5.41, 5.74) is 7.90. The predicted octanol–water partition coefficient (Wildman–Crippen LogP) is 2.37. The molecule has 0 amide bonds. The summed E-state index contributed by atoms with van der Waals surface area (Å²) in [6.07, 6.45) is 2.40. The maximum absolute atomic E-state index is 6.09. The lowest BCUT2D eigenvalue weighted by molar-refractivity contribution is 0.0751. The standard InChI is InChI=1S/C14H19N3O2/c1-9(11-7-4-8-19-11)17-10-5-3-6-12(18-2)13(10)16-14(17)15/h3,5-6,9,11H,4,7-8H2,1-2H3,(H2,15,16). The van der Waals surface area contributed by atoms with Gasteiger partial charge in [0.15, 0.2) is 0 Å². The highest BCUT2D eigenvalue weighted by Crippen LogP contribution is 2.33. The number of anilines is 1. The van der Waals surface area contributed by atoms with Crippen molar-refractivity contribution < 1.29 is 9.47 Å². The van der Waals surface area contributed by atoms with Crippen LogP contribution in [-0.2, 0) is 4.74 Å². The van der Waals surface area contributed by atoms with Crippen LogP contribution >= 0.6 is 0 Å². The number of benzene rings is 1. The van der Waals surface area contributed by atoms with Crippen molar-refractivity contribution in [3.63, 3.8) is 0 Å². The van der Waals surface area contributed by atoms with Gasteiger partial charge in [0.2, 0.25) is 5.95 Å². The van der Waals surface area contributed by atoms with Gasteiger partial charge in [-0.05, 0) is 31.9 Å². The van der Waals surface area contributed by atoms with E-state index in [-0.39, 0.29) is 12.1 Å². The molecule has 1 aliphatic rings. The molecule has 19 heavy (non-hydrogen) atoms. The third kappa shape index (κ3) is 1.94. The van der Waals surface area contributed by atoms with Crippen molar-refractivity contribution in [1.82, 2.24) is 9.55 Å². The van der Waals surface area contributed by atoms with Crippen LogP contribution in [0.3, 0.4) is 0 Å². The zero-order chi connectivity index (χ0) is 13.4. The molecular weight excluding hydrogens is 242 g/mol. The molecule has 2 heterocycles. The summed E-state index contributed by atoms with van der Waals surface area (Å²) < 4.78 is 13.2. The average molecular weight is 261 g/mol. The fourth-order valence-electron chi connectivity index (χ4n) is 2.85. The van der Waals surface area contributed by atoms with Gasteiger partial charge in [0.25, 0.3) is 0 Å². The van der Waals surface area contributed by atoms with Crippen LogP contribution < -0.4 is 10.5 Å². The minimum atomic E-state index is 0.180. The predicted molar refractivity (Wildman–Crippen MR) is 74.4 cm³/mol. The number of methoxy groups -OCH3 is 1. The summed E-state index contributed by atoms with van der Waals surface area (Å²) in [6.45, 7) is 2.97. The Hall–Kier alpha value is -1.75. The number of hydrogen-bond acceptors (Lipinski definition) is 4. The van der Waals surface area contributed by atoms with Gasteiger partial charge in [-0.25, -0.2) is 4.98 Å². The summed E-state index contributed by atoms with van der Waals surface area (Å²) >= 11 is 0. The van der Waals surface area contributed by atoms with Crippen molar-refractivity contribution in [2.45, 2.75) is 31.9 Å². The average Bonchev–Trinajstić information content (AvgIpc) is 3.04. The van der Waals surface area contributed by atoms with E-state index < -0.39 is 0 Å². The van der Waals surface area contributed by atoms with Crippen LogP contribution in [0.25, 0.3) is 11.0 Å². The Morgan fingerprint density at radius 2 is 2.37 bits per heavy atom. The number of nitrogens with two attached hydrogens (primary N) is 1. The number of para-hydroxylation sites is 1. The molecule has 0 radical (unpaired) electrons. The van der Waals surface area contributed by atoms with E-state index in [1.807, 2.05) is 22.8 Å². The highest BCUT2D eigenvalue weighted by atomic mass is 16.5. The summed E-state index contributed by atoms with van der Waals surface area (Å²) in [6, 6.07) is 6.06. The first-order valence-corrected chi connectivity index (χ1v) is 6.64. The number of nitrogens with zero attached hydrogens (tertiary/aromatic N) is 2. The van der Waals surface area contributed by atoms with E-state index in [1.54, 1.807) is 7.11 Å². The minimum absolute atomic E-state index is 0.180. The van der Waals surface area contributed by atoms with Gasteiger partial charge >= 0.3 is 0 Å². The van der Waals surface area contributed by atoms with E-state index in [9.17, 15) is 0 Å². The molecule has 3 rings (SSSR count). The lowest BCUT2D eigenvalue weighted by atomic mass is 10.1. The van der Waals surface area contributed by atoms with Gasteiger partial charge in [-0.2, -0.15) is 0 Å². The number of nitrogen functional groups attached to an aromatic ring is 1. The van der Waals surface area contributed by atoms with Gasteiger partial charge in [0.1, 0.15) is 11.3 Å². The van der Waals surface area contributed by atoms with Crippen molar-refractivity contribution in [3.8, 4) is 5.75 Å². The van der Waals surface area contributed by atoms with Crippen molar-refractivity contribution in [2.75, 3.05) is 19.5 Å². The van der Waals surface area contributed by atoms with Crippen LogP contribution in [-0.4, -0.2) is 29.4 Å². The van der Waals surface area contributed by atoms with Crippen molar-refractivity contribution in [2.24, 2.45) is 0 Å². The molecule has 0 aliphatic carbocycles. The first-order chi connectivity index (χ1) is 9.22. The second-order valence-electron chi connectivity index (χ2n) is 4.96. The molecule has 2 unspecified atom stereocenters. The summed E-state index contributed by atoms with van der Waals surface area (Å²) in [5.74, 6) is 1.27. The van der Waals surface area contributed by atoms with Gasteiger partial charge in [-0.15, -0.1) is 0 Å². The quantitative estimate of drug-likeness (QED) is 0.921. The van der Waals surface area contributed by atoms with Crippen LogP contribution in [0, 0.1) is 0 Å². The Labute approximate surface area is 112 Å². The third-order valence-electron chi connectivity index (χ3n) is 3.84. The summed E-state index contributed by atoms with van der Waals surface area (Å²) in [5, 5.41) is 0. The van der Waals surface area contributed by atoms with Crippen molar-refractivity contribution in [3.05, 3.63) is 18.2 Å². The fraction of sp³-hybridized carbons (Fsp3) is 0.500. The Morgan fingerprint density at radius 1 is 1.53 bits per heavy atom. The van der Waals surface area contributed by atoms with Gasteiger partial charge in [-0.3, -0.25) is 0 Å². The zero-order valence-electron chi connectivity index (χ0n) is 11.3. The Balaban J connectivity index is 2.09. The topological polar surface area (TPSA) is 62.3 Å². The Morgan fingerprint density at radius 3 is 3.05 bits per heavy atom. The monoisotopic (exact) mass is 261 g/mol. The van der Waals surface area contributed by atoms with E-state index >= 15 is 0 Å². The largest absolute Gasteiger partial charge is 0.494 e. The number of hydrogen-bond donors (Lipinski definition) is 1. The fourth-order valence-corrected chi connectivity index (χ4v) is 2.85. The van der Waals surface area contributed by atoms with Crippen molar-refractivity contribution >= 4 is 17.0 Å². The van der Waals surface area contributed by atoms with E-state index in [1.165, 1.54) is 0 Å². The first kappa shape index (κ1) is 12.3. The van der Waals surface area contributed by atoms with E-state index in [2.05, 4.69) is 11.9 Å². The number of rotatable bonds is 3. The second-order valence-corrected chi connectivity index (χ2v) is 4.96. The van der Waals surface area contributed by atoms with E-state index in [0.717, 1.165) is 36.2 Å². The zero-order valence-corrected chi connectivity index (χ0v) is 11.3. The van der Waals surface area contributed by atoms with Crippen LogP contribution in [0.4, 0.5) is 5.95 Å². The molecule has 2 atom stereocenters. The Bertz CT molecular complexity index is 588. The van der Waals surface area contributed by atoms with E-state index in [4.69, 9.17) is 15.2 Å². The molecule has 0 bridgehead atoms. The van der Waals surface area contributed by atoms with Gasteiger partial charge in [0.05, 0.1) is 24.8 Å². The molecule has 0 spiro atoms. The first-order valence-electron chi connectivity index (χ1n) is 6.64. The number of imidazole rings is 1. The number of ether oxygens (including phenoxy) is 2. The second kappa shape index (κ2) is 4.74. The maximum Gasteiger partial charge on any atom is 0.201 e. The SMILES string of the molecule is COc1cccc2c1nc(N)n2C(C)C1CCCO1. The lowest BCUT2D eigenvalue weighted by Crippen LogP contribution is -2.22. The molecule has 102 valence electrons. The highest BCUT2D eigenvalue weighted by molar-refractivity contribution is 5.84. The molecule has 2 aromatic rings. The minimum Gasteiger partial charge on any atom is -0.494 e. The van der Waals surface area contributed by atoms with Crippen molar-refractivity contribution in [1.29, 1.82) is 0 Å². The maximum atomic E-state index is 6.09. The molecule has 1 aliphatic heterocycles. The molecule has 1 fully saturated rings. The molecule has 2 N–H and O–H groups in total. The number of fused-ring (bicyclic) bond motifs is 1. The Kier molecular flexibility index (Phi) is 3.06. The molecule has 5 heteroatoms. The molecule has 5 nitrogen and oxygen atoms in total. The lowest BCUT2D eigenvalue weighted by Gasteiger charge is -2.21. The van der Waals surface area contributed by atoms with Crippen LogP contribution in [0.1, 0.15) is 25.8 Å². The van der Waals surface area contributed by atoms with E-state index in [0.29, 0.717) is 5.95 Å². The molecule has 0 saturated carbocycles. The van der Waals surface area contributed by atoms with Gasteiger partial charge < -0.3 is 19.8 Å². The molecule has 1 saturated heterocycles. The smallest absolute Gasteiger partial charge is 0.201 e. The van der Waals surface area contributed by atoms with Gasteiger partial charge in [0, 0.05) is 6.61 Å². The van der Waals surface area contributed by atoms with Crippen LogP contribution in [0.5, 0.6) is 5.75 Å².